The zero-order valence-corrected chi connectivity index (χ0v) is 19.3. The van der Waals surface area contributed by atoms with Gasteiger partial charge in [-0.15, -0.1) is 0 Å². The predicted molar refractivity (Wildman–Crippen MR) is 122 cm³/mol. The van der Waals surface area contributed by atoms with Crippen LogP contribution in [-0.4, -0.2) is 60.7 Å². The van der Waals surface area contributed by atoms with Gasteiger partial charge in [0.15, 0.2) is 11.5 Å². The maximum absolute atomic E-state index is 15.3. The van der Waals surface area contributed by atoms with E-state index in [4.69, 9.17) is 9.47 Å². The van der Waals surface area contributed by atoms with Gasteiger partial charge >= 0.3 is 5.92 Å². The zero-order chi connectivity index (χ0) is 24.6. The highest BCUT2D eigenvalue weighted by molar-refractivity contribution is 5.84. The van der Waals surface area contributed by atoms with Crippen LogP contribution >= 0.6 is 0 Å². The lowest BCUT2D eigenvalue weighted by atomic mass is 9.95. The van der Waals surface area contributed by atoms with E-state index in [9.17, 15) is 14.3 Å². The number of hydrogen-bond donors (Lipinski definition) is 2. The summed E-state index contributed by atoms with van der Waals surface area (Å²) in [4.78, 5) is 14.9. The van der Waals surface area contributed by atoms with Crippen LogP contribution in [0, 0.1) is 11.7 Å². The molecule has 0 radical (unpaired) electrons. The van der Waals surface area contributed by atoms with Gasteiger partial charge in [-0.3, -0.25) is 4.79 Å². The Bertz CT molecular complexity index is 1070. The molecular formula is C26H29F3N2O4. The molecule has 2 atom stereocenters. The van der Waals surface area contributed by atoms with Crippen molar-refractivity contribution in [3.63, 3.8) is 0 Å². The van der Waals surface area contributed by atoms with E-state index in [2.05, 4.69) is 5.32 Å². The molecule has 1 saturated heterocycles. The van der Waals surface area contributed by atoms with E-state index in [0.29, 0.717) is 0 Å². The second-order valence-electron chi connectivity index (χ2n) is 9.55. The van der Waals surface area contributed by atoms with Crippen LogP contribution in [0.1, 0.15) is 35.6 Å². The molecule has 3 aliphatic rings. The summed E-state index contributed by atoms with van der Waals surface area (Å²) in [5.74, 6) is -6.52. The minimum Gasteiger partial charge on any atom is -0.486 e. The number of amides is 1. The number of benzene rings is 2. The summed E-state index contributed by atoms with van der Waals surface area (Å²) >= 11 is 0. The average Bonchev–Trinajstić information content (AvgIpc) is 3.53. The Morgan fingerprint density at radius 2 is 1.69 bits per heavy atom. The second-order valence-corrected chi connectivity index (χ2v) is 9.55. The van der Waals surface area contributed by atoms with Gasteiger partial charge in [-0.25, -0.2) is 4.39 Å². The minimum atomic E-state index is -3.65. The number of nitrogens with zero attached hydrogens (tertiary/aromatic N) is 1. The Balaban J connectivity index is 1.36. The summed E-state index contributed by atoms with van der Waals surface area (Å²) in [5.41, 5.74) is 1.50. The summed E-state index contributed by atoms with van der Waals surface area (Å²) in [6.07, 6.45) is 0.531. The summed E-state index contributed by atoms with van der Waals surface area (Å²) in [6, 6.07) is 8.50. The van der Waals surface area contributed by atoms with Gasteiger partial charge in [-0.1, -0.05) is 24.3 Å². The number of fused-ring (bicyclic) bond motifs is 2. The molecule has 6 nitrogen and oxygen atoms in total. The zero-order valence-electron chi connectivity index (χ0n) is 19.3. The minimum absolute atomic E-state index is 0.104. The number of ether oxygens (including phenoxy) is 2. The molecule has 0 bridgehead atoms. The standard InChI is InChI=1S/C26H29F3N2O4/c27-20-14-23-22(34-9-10-35-23)13-19(20)24(32)21(15-31-7-3-4-8-31)30-25(33)26(28,29)18-11-16-5-1-2-6-17(16)12-18/h1-2,5-6,13-14,18,21,24,32H,3-4,7-12,15H2,(H,30,33)/t21-,24-/m1/s1. The molecule has 9 heteroatoms. The Hall–Kier alpha value is -2.78. The topological polar surface area (TPSA) is 71.0 Å². The third-order valence-corrected chi connectivity index (χ3v) is 7.20. The van der Waals surface area contributed by atoms with E-state index in [1.165, 1.54) is 6.07 Å². The summed E-state index contributed by atoms with van der Waals surface area (Å²) in [6.45, 7) is 2.12. The third-order valence-electron chi connectivity index (χ3n) is 7.20. The van der Waals surface area contributed by atoms with E-state index in [-0.39, 0.29) is 49.7 Å². The molecule has 0 aromatic heterocycles. The van der Waals surface area contributed by atoms with Crippen molar-refractivity contribution < 1.29 is 32.5 Å². The number of carbonyl (C=O) groups is 1. The number of alkyl halides is 2. The lowest BCUT2D eigenvalue weighted by molar-refractivity contribution is -0.155. The number of nitrogens with one attached hydrogen (secondary N) is 1. The van der Waals surface area contributed by atoms with E-state index in [0.717, 1.165) is 43.1 Å². The molecule has 0 saturated carbocycles. The number of aliphatic hydroxyl groups is 1. The van der Waals surface area contributed by atoms with Gasteiger partial charge in [-0.2, -0.15) is 8.78 Å². The van der Waals surface area contributed by atoms with Gasteiger partial charge in [0.25, 0.3) is 5.91 Å². The van der Waals surface area contributed by atoms with Crippen LogP contribution in [-0.2, 0) is 17.6 Å². The van der Waals surface area contributed by atoms with E-state index >= 15 is 8.78 Å². The van der Waals surface area contributed by atoms with Crippen LogP contribution in [0.5, 0.6) is 11.5 Å². The van der Waals surface area contributed by atoms with Crippen molar-refractivity contribution in [2.75, 3.05) is 32.8 Å². The van der Waals surface area contributed by atoms with Crippen LogP contribution in [0.25, 0.3) is 0 Å². The van der Waals surface area contributed by atoms with Crippen molar-refractivity contribution >= 4 is 5.91 Å². The summed E-state index contributed by atoms with van der Waals surface area (Å²) < 4.78 is 56.4. The molecule has 1 aliphatic carbocycles. The molecule has 5 rings (SSSR count). The molecule has 0 spiro atoms. The van der Waals surface area contributed by atoms with Gasteiger partial charge in [0.2, 0.25) is 0 Å². The maximum Gasteiger partial charge on any atom is 0.327 e. The van der Waals surface area contributed by atoms with E-state index in [1.54, 1.807) is 24.3 Å². The molecule has 35 heavy (non-hydrogen) atoms. The Morgan fingerprint density at radius 3 is 2.31 bits per heavy atom. The molecule has 0 unspecified atom stereocenters. The third kappa shape index (κ3) is 4.84. The number of hydrogen-bond acceptors (Lipinski definition) is 5. The van der Waals surface area contributed by atoms with Crippen LogP contribution < -0.4 is 14.8 Å². The number of aliphatic hydroxyl groups excluding tert-OH is 1. The summed E-state index contributed by atoms with van der Waals surface area (Å²) in [5, 5.41) is 13.5. The number of halogens is 3. The van der Waals surface area contributed by atoms with Crippen molar-refractivity contribution in [2.45, 2.75) is 43.8 Å². The lowest BCUT2D eigenvalue weighted by Crippen LogP contribution is -2.54. The first-order valence-corrected chi connectivity index (χ1v) is 12.1. The van der Waals surface area contributed by atoms with Crippen LogP contribution in [0.3, 0.4) is 0 Å². The van der Waals surface area contributed by atoms with Crippen molar-refractivity contribution in [1.29, 1.82) is 0 Å². The van der Waals surface area contributed by atoms with Gasteiger partial charge in [0.1, 0.15) is 25.1 Å². The quantitative estimate of drug-likeness (QED) is 0.624. The first-order valence-electron chi connectivity index (χ1n) is 12.1. The highest BCUT2D eigenvalue weighted by Crippen LogP contribution is 2.39. The van der Waals surface area contributed by atoms with Crippen molar-refractivity contribution in [3.8, 4) is 11.5 Å². The molecule has 188 valence electrons. The molecule has 2 N–H and O–H groups in total. The van der Waals surface area contributed by atoms with Crippen LogP contribution in [0.2, 0.25) is 0 Å². The molecule has 2 aliphatic heterocycles. The first kappa shape index (κ1) is 23.9. The molecule has 1 amide bonds. The second kappa shape index (κ2) is 9.70. The van der Waals surface area contributed by atoms with Gasteiger partial charge in [0, 0.05) is 24.1 Å². The summed E-state index contributed by atoms with van der Waals surface area (Å²) in [7, 11) is 0. The van der Waals surface area contributed by atoms with Gasteiger partial charge < -0.3 is 24.8 Å². The molecule has 2 aromatic rings. The van der Waals surface area contributed by atoms with Crippen molar-refractivity contribution in [1.82, 2.24) is 10.2 Å². The highest BCUT2D eigenvalue weighted by Gasteiger charge is 2.50. The Labute approximate surface area is 202 Å². The average molecular weight is 491 g/mol. The largest absolute Gasteiger partial charge is 0.486 e. The van der Waals surface area contributed by atoms with Crippen LogP contribution in [0.4, 0.5) is 13.2 Å². The van der Waals surface area contributed by atoms with Crippen molar-refractivity contribution in [3.05, 3.63) is 58.9 Å². The van der Waals surface area contributed by atoms with E-state index < -0.39 is 35.7 Å². The Kier molecular flexibility index (Phi) is 6.63. The van der Waals surface area contributed by atoms with Gasteiger partial charge in [-0.05, 0) is 56.0 Å². The SMILES string of the molecule is O=C(N[C@H](CN1CCCC1)[C@H](O)c1cc2c(cc1F)OCCO2)C(F)(F)C1Cc2ccccc2C1. The fraction of sp³-hybridized carbons (Fsp3) is 0.500. The number of rotatable bonds is 7. The van der Waals surface area contributed by atoms with E-state index in [1.807, 2.05) is 4.90 Å². The molecule has 1 fully saturated rings. The van der Waals surface area contributed by atoms with Crippen LogP contribution in [0.15, 0.2) is 36.4 Å². The fourth-order valence-electron chi connectivity index (χ4n) is 5.26. The predicted octanol–water partition coefficient (Wildman–Crippen LogP) is 3.26. The highest BCUT2D eigenvalue weighted by atomic mass is 19.3. The number of likely N-dealkylation sites (tertiary alicyclic amines) is 1. The monoisotopic (exact) mass is 490 g/mol. The maximum atomic E-state index is 15.3. The van der Waals surface area contributed by atoms with Gasteiger partial charge in [0.05, 0.1) is 6.04 Å². The smallest absolute Gasteiger partial charge is 0.327 e. The fourth-order valence-corrected chi connectivity index (χ4v) is 5.26. The first-order chi connectivity index (χ1) is 16.8. The van der Waals surface area contributed by atoms with Crippen molar-refractivity contribution in [2.24, 2.45) is 5.92 Å². The normalized spacial score (nSPS) is 19.9. The molecular weight excluding hydrogens is 461 g/mol. The lowest BCUT2D eigenvalue weighted by Gasteiger charge is -2.31. The Morgan fingerprint density at radius 1 is 1.09 bits per heavy atom. The molecule has 2 heterocycles. The molecule has 2 aromatic carbocycles. The number of carbonyl (C=O) groups excluding carboxylic acids is 1.